The maximum atomic E-state index is 14.5. The fourth-order valence-electron chi connectivity index (χ4n) is 5.41. The molecule has 206 valence electrons. The standard InChI is InChI=1S/C27H27F4N5O3/c1-38-23-17(28)3-2-4-18(23)34-22-20-24(26(7-8-26)13-33-25(20)37)35-21(22)16-5-9-32-11-19(16)39-12-15-6-10-36(15)14-27(29,30)31/h2-5,9,11,15,34-35H,6-8,10,12-14H2,1H3,(H,33,37)/t15-/m0/s1. The molecule has 6 rings (SSSR count). The van der Waals surface area contributed by atoms with E-state index in [0.29, 0.717) is 53.5 Å². The number of alkyl halides is 3. The average molecular weight is 546 g/mol. The number of rotatable bonds is 8. The van der Waals surface area contributed by atoms with Crippen LogP contribution in [0.3, 0.4) is 0 Å². The molecule has 3 aliphatic rings. The van der Waals surface area contributed by atoms with E-state index in [1.165, 1.54) is 30.3 Å². The van der Waals surface area contributed by atoms with E-state index < -0.39 is 18.5 Å². The van der Waals surface area contributed by atoms with Crippen LogP contribution in [-0.2, 0) is 5.41 Å². The van der Waals surface area contributed by atoms with Gasteiger partial charge in [-0.3, -0.25) is 14.7 Å². The second-order valence-corrected chi connectivity index (χ2v) is 10.2. The number of nitrogens with zero attached hydrogens (tertiary/aromatic N) is 2. The first-order valence-electron chi connectivity index (χ1n) is 12.7. The van der Waals surface area contributed by atoms with Gasteiger partial charge in [-0.2, -0.15) is 13.2 Å². The first kappa shape index (κ1) is 25.5. The summed E-state index contributed by atoms with van der Waals surface area (Å²) in [6.45, 7) is -0.0550. The lowest BCUT2D eigenvalue weighted by atomic mass is 9.93. The molecule has 1 aromatic carbocycles. The summed E-state index contributed by atoms with van der Waals surface area (Å²) in [7, 11) is 1.36. The van der Waals surface area contributed by atoms with Crippen LogP contribution in [0.1, 0.15) is 35.3 Å². The predicted molar refractivity (Wildman–Crippen MR) is 135 cm³/mol. The summed E-state index contributed by atoms with van der Waals surface area (Å²) in [5, 5.41) is 6.19. The van der Waals surface area contributed by atoms with Gasteiger partial charge in [0.05, 0.1) is 42.5 Å². The number of ether oxygens (including phenoxy) is 2. The van der Waals surface area contributed by atoms with Crippen molar-refractivity contribution in [2.24, 2.45) is 0 Å². The molecule has 1 aliphatic carbocycles. The lowest BCUT2D eigenvalue weighted by Gasteiger charge is -2.40. The van der Waals surface area contributed by atoms with Gasteiger partial charge in [0.25, 0.3) is 5.91 Å². The molecule has 1 spiro atoms. The van der Waals surface area contributed by atoms with Crippen LogP contribution in [0.4, 0.5) is 28.9 Å². The highest BCUT2D eigenvalue weighted by atomic mass is 19.4. The summed E-state index contributed by atoms with van der Waals surface area (Å²) < 4.78 is 64.5. The monoisotopic (exact) mass is 545 g/mol. The third-order valence-corrected chi connectivity index (χ3v) is 7.76. The number of amides is 1. The molecule has 0 bridgehead atoms. The van der Waals surface area contributed by atoms with E-state index in [1.807, 2.05) is 0 Å². The Kier molecular flexibility index (Phi) is 6.17. The van der Waals surface area contributed by atoms with E-state index in [9.17, 15) is 22.4 Å². The lowest BCUT2D eigenvalue weighted by molar-refractivity contribution is -0.163. The Bertz CT molecular complexity index is 1420. The molecule has 1 saturated carbocycles. The third kappa shape index (κ3) is 4.66. The number of carbonyl (C=O) groups excluding carboxylic acids is 1. The Morgan fingerprint density at radius 3 is 2.77 bits per heavy atom. The number of pyridine rings is 1. The van der Waals surface area contributed by atoms with E-state index in [-0.39, 0.29) is 29.7 Å². The number of carbonyl (C=O) groups is 1. The van der Waals surface area contributed by atoms with Crippen molar-refractivity contribution in [2.45, 2.75) is 36.9 Å². The van der Waals surface area contributed by atoms with Gasteiger partial charge in [0.2, 0.25) is 0 Å². The van der Waals surface area contributed by atoms with Gasteiger partial charge in [0.1, 0.15) is 12.4 Å². The maximum Gasteiger partial charge on any atom is 0.401 e. The van der Waals surface area contributed by atoms with Crippen LogP contribution >= 0.6 is 0 Å². The number of benzene rings is 1. The molecule has 0 unspecified atom stereocenters. The highest BCUT2D eigenvalue weighted by molar-refractivity contribution is 6.07. The molecule has 4 heterocycles. The van der Waals surface area contributed by atoms with Gasteiger partial charge in [-0.15, -0.1) is 0 Å². The van der Waals surface area contributed by atoms with E-state index in [2.05, 4.69) is 20.6 Å². The number of nitrogens with one attached hydrogen (secondary N) is 3. The number of halogens is 4. The van der Waals surface area contributed by atoms with Crippen LogP contribution in [0.25, 0.3) is 11.3 Å². The Hall–Kier alpha value is -3.80. The number of aromatic nitrogens is 2. The van der Waals surface area contributed by atoms with Crippen molar-refractivity contribution in [1.29, 1.82) is 0 Å². The van der Waals surface area contributed by atoms with Crippen molar-refractivity contribution < 1.29 is 31.8 Å². The molecular formula is C27H27F4N5O3. The second kappa shape index (κ2) is 9.44. The summed E-state index contributed by atoms with van der Waals surface area (Å²) >= 11 is 0. The molecular weight excluding hydrogens is 518 g/mol. The van der Waals surface area contributed by atoms with E-state index in [4.69, 9.17) is 9.47 Å². The number of methoxy groups -OCH3 is 1. The second-order valence-electron chi connectivity index (χ2n) is 10.2. The maximum absolute atomic E-state index is 14.5. The topological polar surface area (TPSA) is 91.5 Å². The van der Waals surface area contributed by atoms with Gasteiger partial charge >= 0.3 is 6.18 Å². The first-order valence-corrected chi connectivity index (χ1v) is 12.7. The van der Waals surface area contributed by atoms with Crippen LogP contribution < -0.4 is 20.1 Å². The first-order chi connectivity index (χ1) is 18.7. The van der Waals surface area contributed by atoms with Crippen molar-refractivity contribution in [2.75, 3.05) is 38.7 Å². The fourth-order valence-corrected chi connectivity index (χ4v) is 5.41. The van der Waals surface area contributed by atoms with Crippen molar-refractivity contribution in [3.63, 3.8) is 0 Å². The normalized spacial score (nSPS) is 19.7. The molecule has 8 nitrogen and oxygen atoms in total. The van der Waals surface area contributed by atoms with Crippen LogP contribution in [-0.4, -0.2) is 66.3 Å². The highest BCUT2D eigenvalue weighted by Crippen LogP contribution is 2.54. The van der Waals surface area contributed by atoms with Crippen molar-refractivity contribution in [3.8, 4) is 22.8 Å². The molecule has 1 amide bonds. The fraction of sp³-hybridized carbons (Fsp3) is 0.407. The Morgan fingerprint density at radius 1 is 1.26 bits per heavy atom. The summed E-state index contributed by atoms with van der Waals surface area (Å²) in [5.41, 5.74) is 2.88. The van der Waals surface area contributed by atoms with E-state index in [1.54, 1.807) is 18.3 Å². The lowest BCUT2D eigenvalue weighted by Crippen LogP contribution is -2.54. The Labute approximate surface area is 221 Å². The molecule has 39 heavy (non-hydrogen) atoms. The molecule has 1 atom stereocenters. The highest BCUT2D eigenvalue weighted by Gasteiger charge is 2.52. The summed E-state index contributed by atoms with van der Waals surface area (Å²) in [4.78, 5) is 22.1. The number of anilines is 2. The van der Waals surface area contributed by atoms with Crippen LogP contribution in [0, 0.1) is 5.82 Å². The summed E-state index contributed by atoms with van der Waals surface area (Å²) in [6, 6.07) is 5.81. The number of H-pyrrole nitrogens is 1. The predicted octanol–water partition coefficient (Wildman–Crippen LogP) is 4.76. The minimum atomic E-state index is -4.28. The van der Waals surface area contributed by atoms with E-state index >= 15 is 0 Å². The van der Waals surface area contributed by atoms with E-state index in [0.717, 1.165) is 18.5 Å². The zero-order chi connectivity index (χ0) is 27.4. The van der Waals surface area contributed by atoms with Gasteiger partial charge in [-0.1, -0.05) is 6.07 Å². The largest absolute Gasteiger partial charge is 0.492 e. The molecule has 2 aromatic heterocycles. The number of fused-ring (bicyclic) bond motifs is 2. The SMILES string of the molecule is COc1c(F)cccc1Nc1c(-c2ccncc2OC[C@@H]2CCN2CC(F)(F)F)[nH]c2c1C(=O)NCC21CC1. The van der Waals surface area contributed by atoms with Gasteiger partial charge in [-0.25, -0.2) is 4.39 Å². The molecule has 1 saturated heterocycles. The molecule has 0 radical (unpaired) electrons. The van der Waals surface area contributed by atoms with Gasteiger partial charge < -0.3 is 25.1 Å². The third-order valence-electron chi connectivity index (χ3n) is 7.76. The van der Waals surface area contributed by atoms with Gasteiger partial charge in [-0.05, 0) is 37.5 Å². The molecule has 2 aliphatic heterocycles. The number of aromatic amines is 1. The molecule has 2 fully saturated rings. The van der Waals surface area contributed by atoms with Crippen molar-refractivity contribution in [1.82, 2.24) is 20.2 Å². The van der Waals surface area contributed by atoms with Gasteiger partial charge in [0, 0.05) is 42.0 Å². The molecule has 3 N–H and O–H groups in total. The quantitative estimate of drug-likeness (QED) is 0.354. The smallest absolute Gasteiger partial charge is 0.401 e. The van der Waals surface area contributed by atoms with Crippen LogP contribution in [0.5, 0.6) is 11.5 Å². The average Bonchev–Trinajstić information content (AvgIpc) is 3.57. The molecule has 12 heteroatoms. The molecule has 3 aromatic rings. The van der Waals surface area contributed by atoms with Crippen LogP contribution in [0.2, 0.25) is 0 Å². The minimum Gasteiger partial charge on any atom is -0.492 e. The van der Waals surface area contributed by atoms with Crippen molar-refractivity contribution in [3.05, 3.63) is 53.7 Å². The zero-order valence-corrected chi connectivity index (χ0v) is 21.1. The summed E-state index contributed by atoms with van der Waals surface area (Å²) in [6.07, 6.45) is 1.19. The Balaban J connectivity index is 1.38. The minimum absolute atomic E-state index is 0.00306. The van der Waals surface area contributed by atoms with Crippen molar-refractivity contribution >= 4 is 17.3 Å². The number of hydrogen-bond donors (Lipinski definition) is 3. The van der Waals surface area contributed by atoms with Crippen LogP contribution in [0.15, 0.2) is 36.7 Å². The number of likely N-dealkylation sites (tertiary alicyclic amines) is 1. The number of hydrogen-bond acceptors (Lipinski definition) is 6. The zero-order valence-electron chi connectivity index (χ0n) is 21.1. The number of para-hydroxylation sites is 1. The van der Waals surface area contributed by atoms with Gasteiger partial charge in [0.15, 0.2) is 11.6 Å². The Morgan fingerprint density at radius 2 is 2.08 bits per heavy atom. The summed E-state index contributed by atoms with van der Waals surface area (Å²) in [5.74, 6) is -0.476.